The molecule has 3 heterocycles. The number of amides is 4. The number of likely N-dealkylation sites (tertiary alicyclic amines) is 1. The second-order valence-electron chi connectivity index (χ2n) is 9.51. The Balaban J connectivity index is 1.45. The number of carbonyl (C=O) groups excluding carboxylic acids is 4. The minimum absolute atomic E-state index is 0.191. The fourth-order valence-corrected chi connectivity index (χ4v) is 7.98. The number of thioether (sulfide) groups is 2. The van der Waals surface area contributed by atoms with E-state index in [0.29, 0.717) is 13.0 Å². The summed E-state index contributed by atoms with van der Waals surface area (Å²) in [5, 5.41) is 6.45. The van der Waals surface area contributed by atoms with Crippen molar-refractivity contribution < 1.29 is 23.9 Å². The Labute approximate surface area is 240 Å². The Morgan fingerprint density at radius 2 is 2.00 bits per heavy atom. The highest BCUT2D eigenvalue weighted by Gasteiger charge is 2.52. The van der Waals surface area contributed by atoms with Crippen LogP contribution in [0.2, 0.25) is 0 Å². The van der Waals surface area contributed by atoms with E-state index in [1.54, 1.807) is 34.6 Å². The summed E-state index contributed by atoms with van der Waals surface area (Å²) in [7, 11) is 1.23. The molecule has 2 saturated heterocycles. The summed E-state index contributed by atoms with van der Waals surface area (Å²) in [5.41, 5.74) is 9.19. The third kappa shape index (κ3) is 7.78. The van der Waals surface area contributed by atoms with Crippen LogP contribution in [0.1, 0.15) is 41.1 Å². The largest absolute Gasteiger partial charge is 0.469 e. The van der Waals surface area contributed by atoms with Gasteiger partial charge < -0.3 is 25.7 Å². The molecule has 12 nitrogen and oxygen atoms in total. The third-order valence-electron chi connectivity index (χ3n) is 6.63. The SMILES string of the molecule is COC(=O)C[C@@H](/C=N/NC(N)=O)NC(=O)[C@@H]1CC2(CN1C(=O)c1ncc(CCCc3ccccc3)[nH]1)SCCS2. The van der Waals surface area contributed by atoms with E-state index >= 15 is 0 Å². The van der Waals surface area contributed by atoms with Gasteiger partial charge in [-0.3, -0.25) is 14.4 Å². The van der Waals surface area contributed by atoms with Crippen molar-refractivity contribution >= 4 is 53.6 Å². The molecule has 0 unspecified atom stereocenters. The number of aryl methyl sites for hydroxylation is 2. The molecule has 2 aliphatic heterocycles. The average Bonchev–Trinajstić information content (AvgIpc) is 3.69. The van der Waals surface area contributed by atoms with Crippen molar-refractivity contribution in [1.29, 1.82) is 0 Å². The van der Waals surface area contributed by atoms with Crippen LogP contribution in [-0.2, 0) is 27.2 Å². The van der Waals surface area contributed by atoms with Crippen molar-refractivity contribution in [2.75, 3.05) is 25.2 Å². The number of hydrogen-bond donors (Lipinski definition) is 4. The number of primary amides is 1. The highest BCUT2D eigenvalue weighted by Crippen LogP contribution is 2.52. The van der Waals surface area contributed by atoms with Gasteiger partial charge in [-0.15, -0.1) is 23.5 Å². The summed E-state index contributed by atoms with van der Waals surface area (Å²) in [6.07, 6.45) is 5.66. The number of ether oxygens (including phenoxy) is 1. The molecule has 40 heavy (non-hydrogen) atoms. The molecule has 0 bridgehead atoms. The standard InChI is InChI=1S/C26H33N7O5S2/c1-38-21(34)12-19(15-29-32-25(27)37)31-23(35)20-13-26(39-10-11-40-26)16-33(20)24(36)22-28-14-18(30-22)9-5-8-17-6-3-2-4-7-17/h2-4,6-7,14-15,19-20H,5,8-13,16H2,1H3,(H,28,30)(H,31,35)(H3,27,32,37)/b29-15+/t19-,20-/m0/s1. The molecule has 1 aromatic heterocycles. The average molecular weight is 588 g/mol. The lowest BCUT2D eigenvalue weighted by Crippen LogP contribution is -2.50. The van der Waals surface area contributed by atoms with Crippen molar-refractivity contribution in [3.63, 3.8) is 0 Å². The second kappa shape index (κ2) is 13.7. The summed E-state index contributed by atoms with van der Waals surface area (Å²) in [5.74, 6) is 0.688. The van der Waals surface area contributed by atoms with Gasteiger partial charge in [-0.2, -0.15) is 5.10 Å². The molecule has 0 radical (unpaired) electrons. The number of nitrogens with zero attached hydrogens (tertiary/aromatic N) is 3. The summed E-state index contributed by atoms with van der Waals surface area (Å²) < 4.78 is 4.43. The normalized spacial score (nSPS) is 18.6. The van der Waals surface area contributed by atoms with Crippen molar-refractivity contribution in [1.82, 2.24) is 25.6 Å². The van der Waals surface area contributed by atoms with Gasteiger partial charge in [0.15, 0.2) is 5.82 Å². The predicted molar refractivity (Wildman–Crippen MR) is 154 cm³/mol. The smallest absolute Gasteiger partial charge is 0.332 e. The van der Waals surface area contributed by atoms with Crippen molar-refractivity contribution in [3.05, 3.63) is 53.6 Å². The first-order valence-corrected chi connectivity index (χ1v) is 14.9. The number of carbonyl (C=O) groups is 4. The zero-order valence-electron chi connectivity index (χ0n) is 22.1. The number of nitrogens with one attached hydrogen (secondary N) is 3. The van der Waals surface area contributed by atoms with Gasteiger partial charge in [0, 0.05) is 42.6 Å². The number of benzene rings is 1. The van der Waals surface area contributed by atoms with E-state index in [4.69, 9.17) is 10.5 Å². The van der Waals surface area contributed by atoms with Crippen LogP contribution in [0.5, 0.6) is 0 Å². The maximum Gasteiger partial charge on any atom is 0.332 e. The van der Waals surface area contributed by atoms with E-state index in [1.165, 1.54) is 18.9 Å². The molecule has 214 valence electrons. The predicted octanol–water partition coefficient (Wildman–Crippen LogP) is 1.68. The Kier molecular flexibility index (Phi) is 10.1. The Hall–Kier alpha value is -3.52. The van der Waals surface area contributed by atoms with E-state index < -0.39 is 30.0 Å². The molecular formula is C26H33N7O5S2. The summed E-state index contributed by atoms with van der Waals surface area (Å²) in [6, 6.07) is 7.64. The fourth-order valence-electron chi connectivity index (χ4n) is 4.72. The molecule has 0 saturated carbocycles. The second-order valence-corrected chi connectivity index (χ2v) is 12.7. The van der Waals surface area contributed by atoms with E-state index in [0.717, 1.165) is 36.5 Å². The minimum atomic E-state index is -0.887. The maximum absolute atomic E-state index is 13.6. The molecule has 1 spiro atoms. The Bertz CT molecular complexity index is 1230. The number of aromatic nitrogens is 2. The first-order valence-electron chi connectivity index (χ1n) is 12.9. The lowest BCUT2D eigenvalue weighted by molar-refractivity contribution is -0.140. The maximum atomic E-state index is 13.6. The van der Waals surface area contributed by atoms with Gasteiger partial charge in [0.2, 0.25) is 5.91 Å². The highest BCUT2D eigenvalue weighted by molar-refractivity contribution is 8.21. The summed E-state index contributed by atoms with van der Waals surface area (Å²) in [6.45, 7) is 0.391. The first-order chi connectivity index (χ1) is 19.3. The summed E-state index contributed by atoms with van der Waals surface area (Å²) in [4.78, 5) is 59.1. The number of H-pyrrole nitrogens is 1. The molecule has 4 amide bonds. The van der Waals surface area contributed by atoms with E-state index in [9.17, 15) is 19.2 Å². The van der Waals surface area contributed by atoms with Gasteiger partial charge in [0.05, 0.1) is 23.7 Å². The number of hydrazone groups is 1. The van der Waals surface area contributed by atoms with Gasteiger partial charge in [-0.25, -0.2) is 15.2 Å². The van der Waals surface area contributed by atoms with Crippen LogP contribution in [0, 0.1) is 0 Å². The van der Waals surface area contributed by atoms with Gasteiger partial charge in [0.1, 0.15) is 6.04 Å². The quantitative estimate of drug-likeness (QED) is 0.175. The lowest BCUT2D eigenvalue weighted by Gasteiger charge is -2.24. The van der Waals surface area contributed by atoms with E-state index in [1.807, 2.05) is 23.6 Å². The molecule has 0 aliphatic carbocycles. The number of imidazole rings is 1. The molecule has 1 aromatic carbocycles. The number of esters is 1. The number of methoxy groups -OCH3 is 1. The van der Waals surface area contributed by atoms with Crippen LogP contribution in [0.15, 0.2) is 41.6 Å². The zero-order chi connectivity index (χ0) is 28.5. The van der Waals surface area contributed by atoms with Crippen molar-refractivity contribution in [3.8, 4) is 0 Å². The molecule has 2 aromatic rings. The van der Waals surface area contributed by atoms with E-state index in [2.05, 4.69) is 32.5 Å². The number of hydrogen-bond acceptors (Lipinski definition) is 9. The molecule has 2 fully saturated rings. The lowest BCUT2D eigenvalue weighted by atomic mass is 10.1. The molecule has 2 aliphatic rings. The van der Waals surface area contributed by atoms with Crippen LogP contribution >= 0.6 is 23.5 Å². The highest BCUT2D eigenvalue weighted by atomic mass is 32.2. The van der Waals surface area contributed by atoms with Crippen LogP contribution in [0.4, 0.5) is 4.79 Å². The fraction of sp³-hybridized carbons (Fsp3) is 0.462. The number of urea groups is 1. The molecule has 2 atom stereocenters. The summed E-state index contributed by atoms with van der Waals surface area (Å²) >= 11 is 3.50. The number of rotatable bonds is 11. The van der Waals surface area contributed by atoms with Crippen LogP contribution in [-0.4, -0.2) is 86.2 Å². The Morgan fingerprint density at radius 1 is 1.25 bits per heavy atom. The molecule has 4 rings (SSSR count). The van der Waals surface area contributed by atoms with Crippen LogP contribution in [0.3, 0.4) is 0 Å². The zero-order valence-corrected chi connectivity index (χ0v) is 23.8. The van der Waals surface area contributed by atoms with Gasteiger partial charge >= 0.3 is 12.0 Å². The van der Waals surface area contributed by atoms with Crippen molar-refractivity contribution in [2.24, 2.45) is 10.8 Å². The topological polar surface area (TPSA) is 172 Å². The van der Waals surface area contributed by atoms with Gasteiger partial charge in [-0.05, 0) is 24.8 Å². The monoisotopic (exact) mass is 587 g/mol. The minimum Gasteiger partial charge on any atom is -0.469 e. The Morgan fingerprint density at radius 3 is 2.70 bits per heavy atom. The number of nitrogens with two attached hydrogens (primary N) is 1. The van der Waals surface area contributed by atoms with Crippen molar-refractivity contribution in [2.45, 2.75) is 48.3 Å². The van der Waals surface area contributed by atoms with Gasteiger partial charge in [0.25, 0.3) is 5.91 Å². The van der Waals surface area contributed by atoms with Crippen LogP contribution in [0.25, 0.3) is 0 Å². The molecular weight excluding hydrogens is 554 g/mol. The van der Waals surface area contributed by atoms with Crippen LogP contribution < -0.4 is 16.5 Å². The first kappa shape index (κ1) is 29.5. The number of aromatic amines is 1. The van der Waals surface area contributed by atoms with Gasteiger partial charge in [-0.1, -0.05) is 30.3 Å². The van der Waals surface area contributed by atoms with E-state index in [-0.39, 0.29) is 22.2 Å². The molecule has 5 N–H and O–H groups in total. The third-order valence-corrected chi connectivity index (χ3v) is 10.1. The molecule has 14 heteroatoms.